The number of halogens is 2. The maximum absolute atomic E-state index is 14.3. The van der Waals surface area contributed by atoms with Crippen LogP contribution in [0.1, 0.15) is 75.1 Å². The summed E-state index contributed by atoms with van der Waals surface area (Å²) in [5, 5.41) is 16.3. The number of fused-ring (bicyclic) bond motifs is 3. The van der Waals surface area contributed by atoms with E-state index < -0.39 is 52.8 Å². The van der Waals surface area contributed by atoms with Gasteiger partial charge in [-0.15, -0.1) is 0 Å². The minimum absolute atomic E-state index is 0.0317. The van der Waals surface area contributed by atoms with Gasteiger partial charge in [-0.1, -0.05) is 6.92 Å². The average Bonchev–Trinajstić information content (AvgIpc) is 3.64. The summed E-state index contributed by atoms with van der Waals surface area (Å²) in [5.41, 5.74) is 2.10. The first-order valence-corrected chi connectivity index (χ1v) is 19.7. The van der Waals surface area contributed by atoms with Crippen molar-refractivity contribution in [3.05, 3.63) is 58.7 Å². The highest BCUT2D eigenvalue weighted by Gasteiger charge is 2.78. The fraction of sp³-hybridized carbons (Fsp3) is 0.538. The third-order valence-electron chi connectivity index (χ3n) is 13.6. The summed E-state index contributed by atoms with van der Waals surface area (Å²) in [6.07, 6.45) is 5.55. The number of imide groups is 2. The molecule has 5 fully saturated rings. The number of piperidine rings is 2. The number of hydrogen-bond acceptors (Lipinski definition) is 10. The number of hydrogen-bond donors (Lipinski definition) is 3. The Morgan fingerprint density at radius 2 is 1.75 bits per heavy atom. The first kappa shape index (κ1) is 35.9. The van der Waals surface area contributed by atoms with E-state index in [0.717, 1.165) is 49.6 Å². The number of likely N-dealkylation sites (tertiary alicyclic amines) is 2. The largest absolute Gasteiger partial charge is 0.371 e. The van der Waals surface area contributed by atoms with Gasteiger partial charge >= 0.3 is 0 Å². The highest BCUT2D eigenvalue weighted by molar-refractivity contribution is 6.23. The number of aromatic nitrogens is 4. The van der Waals surface area contributed by atoms with Gasteiger partial charge in [0.25, 0.3) is 23.6 Å². The fourth-order valence-corrected chi connectivity index (χ4v) is 10.0. The van der Waals surface area contributed by atoms with Crippen molar-refractivity contribution in [1.82, 2.24) is 40.0 Å². The Bertz CT molecular complexity index is 2250. The Morgan fingerprint density at radius 3 is 2.51 bits per heavy atom. The highest BCUT2D eigenvalue weighted by atomic mass is 19.3. The van der Waals surface area contributed by atoms with E-state index in [-0.39, 0.29) is 60.2 Å². The molecule has 0 spiro atoms. The summed E-state index contributed by atoms with van der Waals surface area (Å²) in [4.78, 5) is 84.1. The zero-order chi connectivity index (χ0) is 39.5. The van der Waals surface area contributed by atoms with Crippen LogP contribution in [0.15, 0.2) is 30.6 Å². The number of anilines is 2. The van der Waals surface area contributed by atoms with Crippen LogP contribution in [0, 0.1) is 23.2 Å². The van der Waals surface area contributed by atoms with E-state index in [1.54, 1.807) is 36.1 Å². The van der Waals surface area contributed by atoms with Crippen LogP contribution in [0.25, 0.3) is 0 Å². The predicted molar refractivity (Wildman–Crippen MR) is 196 cm³/mol. The molecule has 5 aliphatic heterocycles. The molecule has 2 aromatic heterocycles. The molecule has 1 unspecified atom stereocenters. The van der Waals surface area contributed by atoms with E-state index in [9.17, 15) is 37.5 Å². The van der Waals surface area contributed by atoms with Gasteiger partial charge in [0.2, 0.25) is 17.7 Å². The second-order valence-electron chi connectivity index (χ2n) is 17.1. The van der Waals surface area contributed by atoms with Crippen molar-refractivity contribution >= 4 is 46.8 Å². The van der Waals surface area contributed by atoms with E-state index in [4.69, 9.17) is 0 Å². The van der Waals surface area contributed by atoms with Gasteiger partial charge in [0.15, 0.2) is 5.69 Å². The maximum Gasteiger partial charge on any atom is 0.276 e. The quantitative estimate of drug-likeness (QED) is 0.284. The Hall–Kier alpha value is -5.52. The lowest BCUT2D eigenvalue weighted by Gasteiger charge is -2.49. The number of carbonyl (C=O) groups is 6. The van der Waals surface area contributed by atoms with Gasteiger partial charge in [-0.2, -0.15) is 10.2 Å². The standard InChI is InChI=1S/C39H42F2N10O6/c1-38-12-28-27(11-30(38)39(38,40)41)32(46-45-28)34(54)43-22-13-42-50(19-22)16-20-14-49(15-20)35(55)21-17-48(18-21)23-6-8-47(9-7-23)24-2-3-25-26(10-24)37(57)51(36(25)56)29-4-5-31(52)44-33(29)53/h2-3,10,13,19-21,23,29-30H,4-9,11-12,14-18H2,1H3,(H,43,54)(H,45,46)(H,44,52,53)/t29?,30-,38+/m0/s1. The number of nitrogens with zero attached hydrogens (tertiary/aromatic N) is 7. The molecule has 298 valence electrons. The zero-order valence-corrected chi connectivity index (χ0v) is 31.3. The van der Waals surface area contributed by atoms with Gasteiger partial charge in [0.1, 0.15) is 6.04 Å². The molecule has 0 radical (unpaired) electrons. The highest BCUT2D eigenvalue weighted by Crippen LogP contribution is 2.70. The molecule has 0 bridgehead atoms. The SMILES string of the molecule is C[C@@]12Cc3[nH]nc(C(=O)Nc4cnn(CC5CN(C(=O)C6CN(C7CCN(c8ccc9c(c8)C(=O)N(C8CCC(=O)NC8=O)C9=O)CC7)C6)C5)c4)c3C[C@@H]1C2(F)F. The molecule has 2 aliphatic carbocycles. The van der Waals surface area contributed by atoms with Gasteiger partial charge in [-0.3, -0.25) is 53.7 Å². The minimum Gasteiger partial charge on any atom is -0.371 e. The number of alkyl halides is 2. The van der Waals surface area contributed by atoms with Crippen molar-refractivity contribution in [3.8, 4) is 0 Å². The zero-order valence-electron chi connectivity index (χ0n) is 31.3. The van der Waals surface area contributed by atoms with Crippen LogP contribution in [0.4, 0.5) is 20.2 Å². The number of benzene rings is 1. The van der Waals surface area contributed by atoms with Crippen LogP contribution in [-0.2, 0) is 33.8 Å². The second-order valence-corrected chi connectivity index (χ2v) is 17.1. The predicted octanol–water partition coefficient (Wildman–Crippen LogP) is 1.69. The lowest BCUT2D eigenvalue weighted by molar-refractivity contribution is -0.149. The van der Waals surface area contributed by atoms with Gasteiger partial charge < -0.3 is 15.1 Å². The maximum atomic E-state index is 14.3. The minimum atomic E-state index is -2.74. The van der Waals surface area contributed by atoms with Crippen molar-refractivity contribution in [1.29, 1.82) is 0 Å². The molecular weight excluding hydrogens is 742 g/mol. The van der Waals surface area contributed by atoms with Gasteiger partial charge in [-0.25, -0.2) is 8.78 Å². The van der Waals surface area contributed by atoms with E-state index in [2.05, 4.69) is 35.7 Å². The van der Waals surface area contributed by atoms with Crippen molar-refractivity contribution < 1.29 is 37.5 Å². The molecule has 16 nitrogen and oxygen atoms in total. The lowest BCUT2D eigenvalue weighted by Crippen LogP contribution is -2.62. The number of amides is 6. The van der Waals surface area contributed by atoms with Gasteiger partial charge in [0, 0.05) is 105 Å². The number of aromatic amines is 1. The summed E-state index contributed by atoms with van der Waals surface area (Å²) in [5.74, 6) is -5.67. The van der Waals surface area contributed by atoms with Crippen LogP contribution >= 0.6 is 0 Å². The molecule has 1 saturated carbocycles. The number of rotatable bonds is 8. The normalized spacial score (nSPS) is 27.4. The molecule has 10 rings (SSSR count). The Labute approximate surface area is 325 Å². The van der Waals surface area contributed by atoms with Crippen LogP contribution in [0.2, 0.25) is 0 Å². The van der Waals surface area contributed by atoms with Crippen molar-refractivity contribution in [2.45, 2.75) is 70.0 Å². The number of carbonyl (C=O) groups excluding carboxylic acids is 6. The van der Waals surface area contributed by atoms with Crippen LogP contribution in [0.5, 0.6) is 0 Å². The smallest absolute Gasteiger partial charge is 0.276 e. The van der Waals surface area contributed by atoms with Crippen molar-refractivity contribution in [3.63, 3.8) is 0 Å². The topological polar surface area (TPSA) is 186 Å². The van der Waals surface area contributed by atoms with Crippen molar-refractivity contribution in [2.24, 2.45) is 23.2 Å². The molecule has 3 N–H and O–H groups in total. The summed E-state index contributed by atoms with van der Waals surface area (Å²) < 4.78 is 30.4. The fourth-order valence-electron chi connectivity index (χ4n) is 10.0. The van der Waals surface area contributed by atoms with E-state index in [1.165, 1.54) is 0 Å². The molecule has 4 saturated heterocycles. The molecule has 7 heterocycles. The molecule has 1 aromatic carbocycles. The molecular formula is C39H42F2N10O6. The Morgan fingerprint density at radius 1 is 1.00 bits per heavy atom. The molecule has 57 heavy (non-hydrogen) atoms. The first-order valence-electron chi connectivity index (χ1n) is 19.7. The molecule has 3 atom stereocenters. The summed E-state index contributed by atoms with van der Waals surface area (Å²) in [6, 6.07) is 4.57. The molecule has 7 aliphatic rings. The van der Waals surface area contributed by atoms with Gasteiger partial charge in [0.05, 0.1) is 28.9 Å². The third kappa shape index (κ3) is 5.68. The lowest BCUT2D eigenvalue weighted by atomic mass is 9.87. The monoisotopic (exact) mass is 784 g/mol. The summed E-state index contributed by atoms with van der Waals surface area (Å²) >= 11 is 0. The van der Waals surface area contributed by atoms with Crippen LogP contribution in [0.3, 0.4) is 0 Å². The second kappa shape index (κ2) is 12.7. The summed E-state index contributed by atoms with van der Waals surface area (Å²) in [6.45, 7) is 6.42. The molecule has 18 heteroatoms. The average molecular weight is 785 g/mol. The first-order chi connectivity index (χ1) is 27.3. The van der Waals surface area contributed by atoms with E-state index >= 15 is 0 Å². The van der Waals surface area contributed by atoms with Crippen LogP contribution in [-0.4, -0.2) is 127 Å². The molecule has 6 amide bonds. The molecule has 3 aromatic rings. The van der Waals surface area contributed by atoms with E-state index in [0.29, 0.717) is 42.6 Å². The Kier molecular flexibility index (Phi) is 8.02. The third-order valence-corrected chi connectivity index (χ3v) is 13.6. The van der Waals surface area contributed by atoms with E-state index in [1.807, 2.05) is 11.0 Å². The number of H-pyrrole nitrogens is 1. The van der Waals surface area contributed by atoms with Gasteiger partial charge in [-0.05, 0) is 43.9 Å². The number of nitrogens with one attached hydrogen (secondary N) is 3. The summed E-state index contributed by atoms with van der Waals surface area (Å²) in [7, 11) is 0. The Balaban J connectivity index is 0.659. The van der Waals surface area contributed by atoms with Crippen LogP contribution < -0.4 is 15.5 Å². The van der Waals surface area contributed by atoms with Crippen molar-refractivity contribution in [2.75, 3.05) is 49.5 Å².